The SMILES string of the molecule is O=C(O)CCC1CCN(C(=O)c2c[nH]c(=O)[nH]c2=O)C1. The fraction of sp³-hybridized carbons (Fsp3) is 0.500. The Labute approximate surface area is 113 Å². The highest BCUT2D eigenvalue weighted by Gasteiger charge is 2.28. The van der Waals surface area contributed by atoms with Gasteiger partial charge in [-0.3, -0.25) is 19.4 Å². The monoisotopic (exact) mass is 281 g/mol. The molecule has 0 aromatic carbocycles. The Balaban J connectivity index is 2.02. The van der Waals surface area contributed by atoms with E-state index >= 15 is 0 Å². The first-order valence-corrected chi connectivity index (χ1v) is 6.30. The number of rotatable bonds is 4. The van der Waals surface area contributed by atoms with Crippen molar-refractivity contribution in [3.8, 4) is 0 Å². The molecule has 20 heavy (non-hydrogen) atoms. The van der Waals surface area contributed by atoms with Gasteiger partial charge in [-0.2, -0.15) is 0 Å². The van der Waals surface area contributed by atoms with Gasteiger partial charge in [0.1, 0.15) is 5.56 Å². The summed E-state index contributed by atoms with van der Waals surface area (Å²) in [5, 5.41) is 8.63. The Kier molecular flexibility index (Phi) is 4.02. The summed E-state index contributed by atoms with van der Waals surface area (Å²) in [6, 6.07) is 0. The second kappa shape index (κ2) is 5.72. The van der Waals surface area contributed by atoms with Crippen molar-refractivity contribution < 1.29 is 14.7 Å². The second-order valence-electron chi connectivity index (χ2n) is 4.82. The summed E-state index contributed by atoms with van der Waals surface area (Å²) in [6.07, 6.45) is 2.42. The molecular weight excluding hydrogens is 266 g/mol. The fourth-order valence-corrected chi connectivity index (χ4v) is 2.32. The minimum atomic E-state index is -0.855. The molecule has 1 amide bonds. The highest BCUT2D eigenvalue weighted by Crippen LogP contribution is 2.21. The predicted molar refractivity (Wildman–Crippen MR) is 68.6 cm³/mol. The number of aliphatic carboxylic acids is 1. The van der Waals surface area contributed by atoms with E-state index in [0.29, 0.717) is 19.5 Å². The summed E-state index contributed by atoms with van der Waals surface area (Å²) in [5.41, 5.74) is -1.48. The molecular formula is C12H15N3O5. The van der Waals surface area contributed by atoms with Crippen molar-refractivity contribution in [2.24, 2.45) is 5.92 Å². The molecule has 1 saturated heterocycles. The van der Waals surface area contributed by atoms with E-state index in [4.69, 9.17) is 5.11 Å². The highest BCUT2D eigenvalue weighted by atomic mass is 16.4. The number of nitrogens with one attached hydrogen (secondary N) is 2. The normalized spacial score (nSPS) is 18.2. The quantitative estimate of drug-likeness (QED) is 0.679. The van der Waals surface area contributed by atoms with E-state index in [1.807, 2.05) is 4.98 Å². The van der Waals surface area contributed by atoms with Crippen LogP contribution >= 0.6 is 0 Å². The van der Waals surface area contributed by atoms with E-state index in [-0.39, 0.29) is 17.9 Å². The molecule has 3 N–H and O–H groups in total. The first-order valence-electron chi connectivity index (χ1n) is 6.30. The Morgan fingerprint density at radius 2 is 2.15 bits per heavy atom. The molecule has 8 heteroatoms. The topological polar surface area (TPSA) is 123 Å². The molecule has 1 fully saturated rings. The second-order valence-corrected chi connectivity index (χ2v) is 4.82. The number of hydrogen-bond acceptors (Lipinski definition) is 4. The molecule has 1 unspecified atom stereocenters. The van der Waals surface area contributed by atoms with E-state index in [9.17, 15) is 19.2 Å². The van der Waals surface area contributed by atoms with Gasteiger partial charge >= 0.3 is 11.7 Å². The van der Waals surface area contributed by atoms with Crippen molar-refractivity contribution in [1.29, 1.82) is 0 Å². The van der Waals surface area contributed by atoms with Gasteiger partial charge in [0, 0.05) is 25.7 Å². The summed E-state index contributed by atoms with van der Waals surface area (Å²) < 4.78 is 0. The summed E-state index contributed by atoms with van der Waals surface area (Å²) in [5.74, 6) is -1.16. The van der Waals surface area contributed by atoms with Crippen LogP contribution in [-0.4, -0.2) is 44.9 Å². The Morgan fingerprint density at radius 1 is 1.40 bits per heavy atom. The smallest absolute Gasteiger partial charge is 0.325 e. The fourth-order valence-electron chi connectivity index (χ4n) is 2.32. The third-order valence-corrected chi connectivity index (χ3v) is 3.39. The Bertz CT molecular complexity index is 632. The zero-order valence-electron chi connectivity index (χ0n) is 10.7. The van der Waals surface area contributed by atoms with Gasteiger partial charge in [0.15, 0.2) is 0 Å². The van der Waals surface area contributed by atoms with Gasteiger partial charge in [-0.25, -0.2) is 4.79 Å². The molecule has 1 aromatic heterocycles. The van der Waals surface area contributed by atoms with Gasteiger partial charge in [-0.1, -0.05) is 0 Å². The lowest BCUT2D eigenvalue weighted by atomic mass is 10.0. The molecule has 2 rings (SSSR count). The van der Waals surface area contributed by atoms with Crippen LogP contribution in [0.15, 0.2) is 15.8 Å². The molecule has 0 radical (unpaired) electrons. The summed E-state index contributed by atoms with van der Waals surface area (Å²) in [7, 11) is 0. The van der Waals surface area contributed by atoms with Crippen molar-refractivity contribution >= 4 is 11.9 Å². The first-order chi connectivity index (χ1) is 9.47. The standard InChI is InChI=1S/C12H15N3O5/c16-9(17)2-1-7-3-4-15(6-7)11(19)8-5-13-12(20)14-10(8)18/h5,7H,1-4,6H2,(H,16,17)(H2,13,14,18,20). The molecule has 2 heterocycles. The molecule has 108 valence electrons. The van der Waals surface area contributed by atoms with E-state index in [1.54, 1.807) is 0 Å². The van der Waals surface area contributed by atoms with E-state index in [2.05, 4.69) is 4.98 Å². The number of hydrogen-bond donors (Lipinski definition) is 3. The van der Waals surface area contributed by atoms with Crippen LogP contribution in [0.25, 0.3) is 0 Å². The number of carboxylic acid groups (broad SMARTS) is 1. The lowest BCUT2D eigenvalue weighted by Gasteiger charge is -2.15. The molecule has 0 bridgehead atoms. The van der Waals surface area contributed by atoms with Crippen molar-refractivity contribution in [3.05, 3.63) is 32.6 Å². The van der Waals surface area contributed by atoms with Crippen LogP contribution in [0.5, 0.6) is 0 Å². The molecule has 1 aromatic rings. The third kappa shape index (κ3) is 3.14. The average Bonchev–Trinajstić information content (AvgIpc) is 2.84. The van der Waals surface area contributed by atoms with Crippen LogP contribution in [0.4, 0.5) is 0 Å². The number of carboxylic acids is 1. The molecule has 1 aliphatic rings. The number of carbonyl (C=O) groups is 2. The average molecular weight is 281 g/mol. The third-order valence-electron chi connectivity index (χ3n) is 3.39. The Morgan fingerprint density at radius 3 is 2.80 bits per heavy atom. The van der Waals surface area contributed by atoms with Gasteiger partial charge < -0.3 is 15.0 Å². The molecule has 0 saturated carbocycles. The van der Waals surface area contributed by atoms with Gasteiger partial charge in [-0.15, -0.1) is 0 Å². The summed E-state index contributed by atoms with van der Waals surface area (Å²) in [4.78, 5) is 50.8. The van der Waals surface area contributed by atoms with Crippen LogP contribution < -0.4 is 11.2 Å². The molecule has 1 aliphatic heterocycles. The highest BCUT2D eigenvalue weighted by molar-refractivity contribution is 5.93. The number of H-pyrrole nitrogens is 2. The lowest BCUT2D eigenvalue weighted by Crippen LogP contribution is -2.35. The minimum absolute atomic E-state index is 0.0753. The van der Waals surface area contributed by atoms with E-state index in [0.717, 1.165) is 12.6 Å². The maximum Gasteiger partial charge on any atom is 0.325 e. The number of nitrogens with zero attached hydrogens (tertiary/aromatic N) is 1. The van der Waals surface area contributed by atoms with Crippen molar-refractivity contribution in [2.75, 3.05) is 13.1 Å². The maximum absolute atomic E-state index is 12.1. The maximum atomic E-state index is 12.1. The van der Waals surface area contributed by atoms with Crippen LogP contribution in [-0.2, 0) is 4.79 Å². The number of amides is 1. The minimum Gasteiger partial charge on any atom is -0.481 e. The molecule has 1 atom stereocenters. The van der Waals surface area contributed by atoms with Crippen molar-refractivity contribution in [3.63, 3.8) is 0 Å². The van der Waals surface area contributed by atoms with E-state index < -0.39 is 23.1 Å². The van der Waals surface area contributed by atoms with Gasteiger partial charge in [0.05, 0.1) is 0 Å². The number of aromatic nitrogens is 2. The molecule has 0 spiro atoms. The Hall–Kier alpha value is -2.38. The number of carbonyl (C=O) groups excluding carboxylic acids is 1. The van der Waals surface area contributed by atoms with Crippen LogP contribution in [0, 0.1) is 5.92 Å². The zero-order chi connectivity index (χ0) is 14.7. The van der Waals surface area contributed by atoms with Crippen LogP contribution in [0.3, 0.4) is 0 Å². The first kappa shape index (κ1) is 14.0. The molecule has 0 aliphatic carbocycles. The van der Waals surface area contributed by atoms with E-state index in [1.165, 1.54) is 4.90 Å². The van der Waals surface area contributed by atoms with Crippen molar-refractivity contribution in [1.82, 2.24) is 14.9 Å². The van der Waals surface area contributed by atoms with Crippen molar-refractivity contribution in [2.45, 2.75) is 19.3 Å². The van der Waals surface area contributed by atoms with Crippen LogP contribution in [0.1, 0.15) is 29.6 Å². The predicted octanol–water partition coefficient (Wildman–Crippen LogP) is -0.610. The van der Waals surface area contributed by atoms with Crippen LogP contribution in [0.2, 0.25) is 0 Å². The van der Waals surface area contributed by atoms with Gasteiger partial charge in [0.25, 0.3) is 11.5 Å². The number of likely N-dealkylation sites (tertiary alicyclic amines) is 1. The largest absolute Gasteiger partial charge is 0.481 e. The summed E-state index contributed by atoms with van der Waals surface area (Å²) >= 11 is 0. The zero-order valence-corrected chi connectivity index (χ0v) is 10.7. The van der Waals surface area contributed by atoms with Gasteiger partial charge in [0.2, 0.25) is 0 Å². The lowest BCUT2D eigenvalue weighted by molar-refractivity contribution is -0.137. The van der Waals surface area contributed by atoms with Gasteiger partial charge in [-0.05, 0) is 18.8 Å². The summed E-state index contributed by atoms with van der Waals surface area (Å²) in [6.45, 7) is 0.923. The number of aromatic amines is 2. The molecule has 8 nitrogen and oxygen atoms in total.